The molecule has 1 heterocycles. The van der Waals surface area contributed by atoms with E-state index in [1.165, 1.54) is 0 Å². The Kier molecular flexibility index (Phi) is 9.53. The van der Waals surface area contributed by atoms with Crippen LogP contribution in [0.15, 0.2) is 60.7 Å². The van der Waals surface area contributed by atoms with Gasteiger partial charge in [-0.2, -0.15) is 0 Å². The highest BCUT2D eigenvalue weighted by atomic mass is 16.6. The number of carbonyl (C=O) groups is 1. The van der Waals surface area contributed by atoms with Crippen LogP contribution in [0.25, 0.3) is 11.1 Å². The number of benzene rings is 3. The molecule has 0 atom stereocenters. The molecule has 0 radical (unpaired) electrons. The van der Waals surface area contributed by atoms with Crippen LogP contribution in [-0.4, -0.2) is 64.2 Å². The van der Waals surface area contributed by atoms with E-state index < -0.39 is 5.60 Å². The number of amides is 1. The molecule has 8 nitrogen and oxygen atoms in total. The van der Waals surface area contributed by atoms with Crippen molar-refractivity contribution in [1.82, 2.24) is 4.90 Å². The highest BCUT2D eigenvalue weighted by Crippen LogP contribution is 2.41. The molecule has 4 rings (SSSR count). The minimum Gasteiger partial charge on any atom is -0.495 e. The molecule has 0 bridgehead atoms. The minimum absolute atomic E-state index is 0.217. The third-order valence-corrected chi connectivity index (χ3v) is 7.23. The number of hydrogen-bond acceptors (Lipinski definition) is 7. The fraction of sp³-hybridized carbons (Fsp3) is 0.424. The smallest absolute Gasteiger partial charge is 0.410 e. The van der Waals surface area contributed by atoms with Gasteiger partial charge in [0.25, 0.3) is 0 Å². The van der Waals surface area contributed by atoms with Crippen LogP contribution in [0.3, 0.4) is 0 Å². The zero-order valence-corrected chi connectivity index (χ0v) is 25.2. The zero-order chi connectivity index (χ0) is 29.6. The molecule has 0 aromatic heterocycles. The molecule has 1 aliphatic heterocycles. The van der Waals surface area contributed by atoms with Crippen molar-refractivity contribution >= 4 is 11.8 Å². The summed E-state index contributed by atoms with van der Waals surface area (Å²) in [4.78, 5) is 16.9. The predicted octanol–water partition coefficient (Wildman–Crippen LogP) is 6.79. The molecule has 3 aromatic carbocycles. The second kappa shape index (κ2) is 13.1. The Morgan fingerprint density at radius 1 is 0.805 bits per heavy atom. The molecule has 1 fully saturated rings. The van der Waals surface area contributed by atoms with Crippen LogP contribution in [0.4, 0.5) is 10.5 Å². The van der Waals surface area contributed by atoms with Crippen LogP contribution < -0.4 is 23.8 Å². The van der Waals surface area contributed by atoms with E-state index in [-0.39, 0.29) is 12.1 Å². The van der Waals surface area contributed by atoms with E-state index in [0.717, 1.165) is 41.0 Å². The monoisotopic (exact) mass is 562 g/mol. The van der Waals surface area contributed by atoms with E-state index in [0.29, 0.717) is 36.9 Å². The van der Waals surface area contributed by atoms with Crippen LogP contribution in [-0.2, 0) is 11.3 Å². The number of anilines is 1. The molecule has 3 aromatic rings. The van der Waals surface area contributed by atoms with Gasteiger partial charge in [-0.15, -0.1) is 0 Å². The van der Waals surface area contributed by atoms with E-state index in [2.05, 4.69) is 35.2 Å². The molecule has 0 spiro atoms. The lowest BCUT2D eigenvalue weighted by molar-refractivity contribution is 0.0204. The van der Waals surface area contributed by atoms with E-state index in [9.17, 15) is 4.79 Å². The third kappa shape index (κ3) is 7.17. The number of methoxy groups -OCH3 is 4. The van der Waals surface area contributed by atoms with Crippen LogP contribution >= 0.6 is 0 Å². The summed E-state index contributed by atoms with van der Waals surface area (Å²) < 4.78 is 28.1. The van der Waals surface area contributed by atoms with Gasteiger partial charge in [0.1, 0.15) is 11.4 Å². The maximum absolute atomic E-state index is 12.7. The van der Waals surface area contributed by atoms with Gasteiger partial charge in [0.2, 0.25) is 5.75 Å². The number of ether oxygens (including phenoxy) is 5. The average molecular weight is 563 g/mol. The van der Waals surface area contributed by atoms with Gasteiger partial charge in [-0.3, -0.25) is 0 Å². The van der Waals surface area contributed by atoms with Crippen molar-refractivity contribution in [3.8, 4) is 34.1 Å². The summed E-state index contributed by atoms with van der Waals surface area (Å²) in [6, 6.07) is 20.7. The number of piperidine rings is 1. The normalized spacial score (nSPS) is 13.9. The van der Waals surface area contributed by atoms with Gasteiger partial charge in [0.15, 0.2) is 11.5 Å². The molecule has 0 N–H and O–H groups in total. The molecule has 8 heteroatoms. The first-order valence-corrected chi connectivity index (χ1v) is 13.9. The average Bonchev–Trinajstić information content (AvgIpc) is 2.98. The van der Waals surface area contributed by atoms with Gasteiger partial charge >= 0.3 is 6.09 Å². The van der Waals surface area contributed by atoms with E-state index in [1.807, 2.05) is 56.0 Å². The van der Waals surface area contributed by atoms with Crippen molar-refractivity contribution in [3.05, 3.63) is 66.2 Å². The van der Waals surface area contributed by atoms with E-state index in [4.69, 9.17) is 23.7 Å². The first-order chi connectivity index (χ1) is 19.7. The summed E-state index contributed by atoms with van der Waals surface area (Å²) in [6.45, 7) is 7.64. The summed E-state index contributed by atoms with van der Waals surface area (Å²) >= 11 is 0. The molecule has 41 heavy (non-hydrogen) atoms. The lowest BCUT2D eigenvalue weighted by Gasteiger charge is -2.40. The lowest BCUT2D eigenvalue weighted by Crippen LogP contribution is -2.48. The summed E-state index contributed by atoms with van der Waals surface area (Å²) in [5.74, 6) is 2.61. The van der Waals surface area contributed by atoms with Gasteiger partial charge in [-0.25, -0.2) is 4.79 Å². The Morgan fingerprint density at radius 2 is 1.44 bits per heavy atom. The first-order valence-electron chi connectivity index (χ1n) is 13.9. The Balaban J connectivity index is 1.62. The predicted molar refractivity (Wildman–Crippen MR) is 162 cm³/mol. The Bertz CT molecular complexity index is 1300. The largest absolute Gasteiger partial charge is 0.495 e. The van der Waals surface area contributed by atoms with Gasteiger partial charge < -0.3 is 33.5 Å². The molecule has 1 amide bonds. The molecule has 0 aliphatic carbocycles. The molecular formula is C33H42N2O6. The fourth-order valence-corrected chi connectivity index (χ4v) is 5.26. The number of carbonyl (C=O) groups excluding carboxylic acids is 1. The number of nitrogens with zero attached hydrogens (tertiary/aromatic N) is 2. The molecule has 0 unspecified atom stereocenters. The molecule has 0 saturated carbocycles. The van der Waals surface area contributed by atoms with Crippen molar-refractivity contribution in [1.29, 1.82) is 0 Å². The van der Waals surface area contributed by atoms with Crippen LogP contribution in [0.1, 0.15) is 39.2 Å². The van der Waals surface area contributed by atoms with Crippen molar-refractivity contribution in [2.75, 3.05) is 46.4 Å². The highest BCUT2D eigenvalue weighted by molar-refractivity contribution is 5.72. The summed E-state index contributed by atoms with van der Waals surface area (Å²) in [5, 5.41) is 0. The summed E-state index contributed by atoms with van der Waals surface area (Å²) in [6.07, 6.45) is 1.39. The standard InChI is InChI=1S/C33H42N2O6/c1-33(2,3)41-32(36)34-17-15-26(16-18-34)35(27-13-8-9-14-28(27)37-4)22-23-11-10-12-24(19-23)25-20-29(38-5)31(40-7)30(21-25)39-6/h8-14,19-21,26H,15-18,22H2,1-7H3. The highest BCUT2D eigenvalue weighted by Gasteiger charge is 2.31. The Hall–Kier alpha value is -4.07. The van der Waals surface area contributed by atoms with Crippen LogP contribution in [0.2, 0.25) is 0 Å². The van der Waals surface area contributed by atoms with E-state index in [1.54, 1.807) is 28.4 Å². The lowest BCUT2D eigenvalue weighted by atomic mass is 9.99. The van der Waals surface area contributed by atoms with Gasteiger partial charge in [-0.1, -0.05) is 30.3 Å². The molecule has 1 saturated heterocycles. The topological polar surface area (TPSA) is 69.7 Å². The quantitative estimate of drug-likeness (QED) is 0.284. The van der Waals surface area contributed by atoms with Crippen molar-refractivity contribution in [2.24, 2.45) is 0 Å². The molecule has 220 valence electrons. The first kappa shape index (κ1) is 29.9. The van der Waals surface area contributed by atoms with Gasteiger partial charge in [0.05, 0.1) is 34.1 Å². The second-order valence-electron chi connectivity index (χ2n) is 11.1. The minimum atomic E-state index is -0.514. The van der Waals surface area contributed by atoms with Crippen molar-refractivity contribution < 1.29 is 28.5 Å². The molecule has 1 aliphatic rings. The van der Waals surface area contributed by atoms with Crippen molar-refractivity contribution in [3.63, 3.8) is 0 Å². The fourth-order valence-electron chi connectivity index (χ4n) is 5.26. The Labute approximate surface area is 243 Å². The molecular weight excluding hydrogens is 520 g/mol. The Morgan fingerprint density at radius 3 is 2.02 bits per heavy atom. The van der Waals surface area contributed by atoms with Gasteiger partial charge in [-0.05, 0) is 80.6 Å². The number of para-hydroxylation sites is 2. The zero-order valence-electron chi connectivity index (χ0n) is 25.2. The number of rotatable bonds is 9. The summed E-state index contributed by atoms with van der Waals surface area (Å²) in [5.41, 5.74) is 3.68. The maximum atomic E-state index is 12.7. The summed E-state index contributed by atoms with van der Waals surface area (Å²) in [7, 11) is 6.55. The van der Waals surface area contributed by atoms with E-state index >= 15 is 0 Å². The second-order valence-corrected chi connectivity index (χ2v) is 11.1. The number of hydrogen-bond donors (Lipinski definition) is 0. The third-order valence-electron chi connectivity index (χ3n) is 7.23. The van der Waals surface area contributed by atoms with Gasteiger partial charge in [0, 0.05) is 25.7 Å². The SMILES string of the molecule is COc1ccccc1N(Cc1cccc(-c2cc(OC)c(OC)c(OC)c2)c1)C1CCN(C(=O)OC(C)(C)C)CC1. The maximum Gasteiger partial charge on any atom is 0.410 e. The van der Waals surface area contributed by atoms with Crippen LogP contribution in [0, 0.1) is 0 Å². The number of likely N-dealkylation sites (tertiary alicyclic amines) is 1. The van der Waals surface area contributed by atoms with Crippen molar-refractivity contribution in [2.45, 2.75) is 51.8 Å². The van der Waals surface area contributed by atoms with Crippen LogP contribution in [0.5, 0.6) is 23.0 Å².